The summed E-state index contributed by atoms with van der Waals surface area (Å²) >= 11 is 13.2. The molecule has 2 amide bonds. The minimum atomic E-state index is -0.408. The van der Waals surface area contributed by atoms with Gasteiger partial charge >= 0.3 is 6.03 Å². The average Bonchev–Trinajstić information content (AvgIpc) is 2.96. The molecule has 0 bridgehead atoms. The van der Waals surface area contributed by atoms with Crippen molar-refractivity contribution in [2.75, 3.05) is 10.6 Å². The molecule has 1 aromatic heterocycles. The van der Waals surface area contributed by atoms with Gasteiger partial charge in [-0.3, -0.25) is 5.32 Å². The lowest BCUT2D eigenvalue weighted by Crippen LogP contribution is -2.18. The fourth-order valence-electron chi connectivity index (χ4n) is 1.90. The van der Waals surface area contributed by atoms with E-state index in [1.54, 1.807) is 36.4 Å². The Bertz CT molecular complexity index is 850. The topological polar surface area (TPSA) is 54.3 Å². The van der Waals surface area contributed by atoms with E-state index >= 15 is 0 Å². The van der Waals surface area contributed by atoms with Gasteiger partial charge < -0.3 is 9.73 Å². The van der Waals surface area contributed by atoms with Gasteiger partial charge in [-0.15, -0.1) is 0 Å². The standard InChI is InChI=1S/C17H12Cl2N2O2S/c18-11-4-6-14(7-5-11)24-16-9-8-15(23-16)21-17(22)20-13-3-1-2-12(19)10-13/h1-10H,(H2,20,21,22). The van der Waals surface area contributed by atoms with Crippen LogP contribution in [0.15, 0.2) is 75.1 Å². The highest BCUT2D eigenvalue weighted by molar-refractivity contribution is 7.99. The summed E-state index contributed by atoms with van der Waals surface area (Å²) in [6.07, 6.45) is 0. The van der Waals surface area contributed by atoms with Crippen LogP contribution in [0.4, 0.5) is 16.4 Å². The molecule has 4 nitrogen and oxygen atoms in total. The molecule has 122 valence electrons. The molecule has 0 aliphatic carbocycles. The first-order chi connectivity index (χ1) is 11.6. The first-order valence-corrected chi connectivity index (χ1v) is 8.52. The van der Waals surface area contributed by atoms with Gasteiger partial charge in [0.1, 0.15) is 0 Å². The number of benzene rings is 2. The van der Waals surface area contributed by atoms with Crippen LogP contribution >= 0.6 is 35.0 Å². The molecular formula is C17H12Cl2N2O2S. The third-order valence-electron chi connectivity index (χ3n) is 2.93. The summed E-state index contributed by atoms with van der Waals surface area (Å²) in [5.74, 6) is 0.353. The summed E-state index contributed by atoms with van der Waals surface area (Å²) in [5.41, 5.74) is 0.599. The highest BCUT2D eigenvalue weighted by Gasteiger charge is 2.08. The molecule has 3 rings (SSSR count). The predicted octanol–water partition coefficient (Wildman–Crippen LogP) is 6.38. The maximum Gasteiger partial charge on any atom is 0.326 e. The van der Waals surface area contributed by atoms with E-state index in [1.165, 1.54) is 11.8 Å². The van der Waals surface area contributed by atoms with Crippen LogP contribution in [0.3, 0.4) is 0 Å². The summed E-state index contributed by atoms with van der Waals surface area (Å²) in [4.78, 5) is 12.9. The van der Waals surface area contributed by atoms with Gasteiger partial charge in [0, 0.05) is 26.7 Å². The van der Waals surface area contributed by atoms with Crippen molar-refractivity contribution in [3.05, 3.63) is 70.7 Å². The van der Waals surface area contributed by atoms with Gasteiger partial charge in [0.25, 0.3) is 0 Å². The monoisotopic (exact) mass is 378 g/mol. The molecule has 0 fully saturated rings. The van der Waals surface area contributed by atoms with Crippen molar-refractivity contribution < 1.29 is 9.21 Å². The Kier molecular flexibility index (Phi) is 5.35. The summed E-state index contributed by atoms with van der Waals surface area (Å²) in [6.45, 7) is 0. The molecular weight excluding hydrogens is 367 g/mol. The molecule has 2 aromatic carbocycles. The number of anilines is 2. The number of amides is 2. The van der Waals surface area contributed by atoms with E-state index in [9.17, 15) is 4.79 Å². The molecule has 0 aliphatic heterocycles. The maximum atomic E-state index is 12.0. The molecule has 0 atom stereocenters. The van der Waals surface area contributed by atoms with E-state index in [0.717, 1.165) is 4.90 Å². The molecule has 0 saturated carbocycles. The van der Waals surface area contributed by atoms with Crippen LogP contribution in [0.5, 0.6) is 0 Å². The van der Waals surface area contributed by atoms with Gasteiger partial charge in [0.15, 0.2) is 5.09 Å². The second-order valence-electron chi connectivity index (χ2n) is 4.76. The van der Waals surface area contributed by atoms with Crippen LogP contribution in [0.2, 0.25) is 10.0 Å². The number of hydrogen-bond donors (Lipinski definition) is 2. The lowest BCUT2D eigenvalue weighted by Gasteiger charge is -2.05. The zero-order valence-corrected chi connectivity index (χ0v) is 14.6. The zero-order valence-electron chi connectivity index (χ0n) is 12.3. The van der Waals surface area contributed by atoms with E-state index in [-0.39, 0.29) is 0 Å². The largest absolute Gasteiger partial charge is 0.434 e. The Morgan fingerprint density at radius 2 is 1.71 bits per heavy atom. The normalized spacial score (nSPS) is 10.4. The van der Waals surface area contributed by atoms with E-state index in [0.29, 0.717) is 26.7 Å². The van der Waals surface area contributed by atoms with E-state index in [1.807, 2.05) is 24.3 Å². The van der Waals surface area contributed by atoms with Crippen LogP contribution < -0.4 is 10.6 Å². The Labute approximate surface area is 153 Å². The van der Waals surface area contributed by atoms with Crippen LogP contribution in [0.25, 0.3) is 0 Å². The van der Waals surface area contributed by atoms with Crippen LogP contribution in [0, 0.1) is 0 Å². The molecule has 1 heterocycles. The SMILES string of the molecule is O=C(Nc1cccc(Cl)c1)Nc1ccc(Sc2ccc(Cl)cc2)o1. The molecule has 24 heavy (non-hydrogen) atoms. The van der Waals surface area contributed by atoms with Crippen molar-refractivity contribution in [1.29, 1.82) is 0 Å². The van der Waals surface area contributed by atoms with Gasteiger partial charge in [-0.05, 0) is 48.5 Å². The minimum absolute atomic E-state index is 0.353. The fraction of sp³-hybridized carbons (Fsp3) is 0. The Hall–Kier alpha value is -2.08. The zero-order chi connectivity index (χ0) is 16.9. The van der Waals surface area contributed by atoms with Crippen molar-refractivity contribution in [3.8, 4) is 0 Å². The smallest absolute Gasteiger partial charge is 0.326 e. The van der Waals surface area contributed by atoms with Crippen LogP contribution in [-0.4, -0.2) is 6.03 Å². The third-order valence-corrected chi connectivity index (χ3v) is 4.35. The highest BCUT2D eigenvalue weighted by atomic mass is 35.5. The average molecular weight is 379 g/mol. The fourth-order valence-corrected chi connectivity index (χ4v) is 2.99. The van der Waals surface area contributed by atoms with E-state index < -0.39 is 6.03 Å². The first kappa shape index (κ1) is 16.8. The van der Waals surface area contributed by atoms with Crippen LogP contribution in [0.1, 0.15) is 0 Å². The molecule has 0 unspecified atom stereocenters. The molecule has 0 aliphatic rings. The Morgan fingerprint density at radius 1 is 0.917 bits per heavy atom. The quantitative estimate of drug-likeness (QED) is 0.553. The number of halogens is 2. The lowest BCUT2D eigenvalue weighted by atomic mass is 10.3. The van der Waals surface area contributed by atoms with Gasteiger partial charge in [0.2, 0.25) is 5.88 Å². The number of rotatable bonds is 4. The number of urea groups is 1. The number of hydrogen-bond acceptors (Lipinski definition) is 3. The van der Waals surface area contributed by atoms with E-state index in [2.05, 4.69) is 10.6 Å². The van der Waals surface area contributed by atoms with Crippen molar-refractivity contribution in [3.63, 3.8) is 0 Å². The van der Waals surface area contributed by atoms with Crippen molar-refractivity contribution in [1.82, 2.24) is 0 Å². The lowest BCUT2D eigenvalue weighted by molar-refractivity contribution is 0.261. The molecule has 0 spiro atoms. The highest BCUT2D eigenvalue weighted by Crippen LogP contribution is 2.31. The predicted molar refractivity (Wildman–Crippen MR) is 98.4 cm³/mol. The molecule has 0 saturated heterocycles. The van der Waals surface area contributed by atoms with Crippen molar-refractivity contribution in [2.24, 2.45) is 0 Å². The summed E-state index contributed by atoms with van der Waals surface area (Å²) in [5, 5.41) is 7.20. The molecule has 3 aromatic rings. The first-order valence-electron chi connectivity index (χ1n) is 6.95. The second-order valence-corrected chi connectivity index (χ2v) is 6.71. The number of nitrogens with one attached hydrogen (secondary N) is 2. The summed E-state index contributed by atoms with van der Waals surface area (Å²) in [7, 11) is 0. The van der Waals surface area contributed by atoms with Gasteiger partial charge in [-0.1, -0.05) is 41.0 Å². The summed E-state index contributed by atoms with van der Waals surface area (Å²) < 4.78 is 5.58. The Balaban J connectivity index is 1.59. The number of furan rings is 1. The van der Waals surface area contributed by atoms with E-state index in [4.69, 9.17) is 27.6 Å². The van der Waals surface area contributed by atoms with Gasteiger partial charge in [-0.25, -0.2) is 4.79 Å². The minimum Gasteiger partial charge on any atom is -0.434 e. The second kappa shape index (κ2) is 7.66. The number of carbonyl (C=O) groups excluding carboxylic acids is 1. The third kappa shape index (κ3) is 4.71. The molecule has 2 N–H and O–H groups in total. The number of carbonyl (C=O) groups is 1. The maximum absolute atomic E-state index is 12.0. The van der Waals surface area contributed by atoms with Crippen molar-refractivity contribution in [2.45, 2.75) is 9.99 Å². The van der Waals surface area contributed by atoms with Gasteiger partial charge in [0.05, 0.1) is 0 Å². The Morgan fingerprint density at radius 3 is 2.46 bits per heavy atom. The molecule has 0 radical (unpaired) electrons. The van der Waals surface area contributed by atoms with Gasteiger partial charge in [-0.2, -0.15) is 0 Å². The van der Waals surface area contributed by atoms with Crippen LogP contribution in [-0.2, 0) is 0 Å². The molecule has 7 heteroatoms. The summed E-state index contributed by atoms with van der Waals surface area (Å²) in [6, 6.07) is 17.4. The van der Waals surface area contributed by atoms with Crippen molar-refractivity contribution >= 4 is 52.6 Å².